The summed E-state index contributed by atoms with van der Waals surface area (Å²) in [5, 5.41) is 15.8. The molecule has 1 aliphatic rings. The first kappa shape index (κ1) is 11.5. The third-order valence-corrected chi connectivity index (χ3v) is 2.44. The van der Waals surface area contributed by atoms with Gasteiger partial charge in [-0.05, 0) is 0 Å². The van der Waals surface area contributed by atoms with Gasteiger partial charge >= 0.3 is 5.97 Å². The molecule has 2 heterocycles. The van der Waals surface area contributed by atoms with Crippen LogP contribution in [0.2, 0.25) is 0 Å². The van der Waals surface area contributed by atoms with Gasteiger partial charge in [0.2, 0.25) is 5.91 Å². The smallest absolute Gasteiger partial charge is 0.358 e. The molecule has 0 aromatic carbocycles. The van der Waals surface area contributed by atoms with Crippen LogP contribution >= 0.6 is 0 Å². The number of ether oxygens (including phenoxy) is 1. The van der Waals surface area contributed by atoms with Gasteiger partial charge in [-0.25, -0.2) is 9.48 Å². The van der Waals surface area contributed by atoms with E-state index in [0.29, 0.717) is 26.2 Å². The Morgan fingerprint density at radius 3 is 3.00 bits per heavy atom. The van der Waals surface area contributed by atoms with Crippen molar-refractivity contribution in [1.82, 2.24) is 19.9 Å². The number of morpholine rings is 1. The molecule has 1 N–H and O–H groups in total. The van der Waals surface area contributed by atoms with E-state index in [1.54, 1.807) is 4.90 Å². The van der Waals surface area contributed by atoms with Gasteiger partial charge in [0.25, 0.3) is 0 Å². The molecule has 2 rings (SSSR count). The maximum Gasteiger partial charge on any atom is 0.358 e. The maximum atomic E-state index is 11.4. The Balaban J connectivity index is 1.88. The number of aromatic nitrogens is 3. The van der Waals surface area contributed by atoms with Crippen molar-refractivity contribution in [2.24, 2.45) is 0 Å². The summed E-state index contributed by atoms with van der Waals surface area (Å²) in [5.41, 5.74) is -0.0988. The van der Waals surface area contributed by atoms with Gasteiger partial charge in [0, 0.05) is 13.1 Å². The highest BCUT2D eigenvalue weighted by atomic mass is 16.5. The summed E-state index contributed by atoms with van der Waals surface area (Å²) in [6, 6.07) is 0. The van der Waals surface area contributed by atoms with E-state index >= 15 is 0 Å². The van der Waals surface area contributed by atoms with Gasteiger partial charge in [-0.3, -0.25) is 4.79 Å². The van der Waals surface area contributed by atoms with Crippen molar-refractivity contribution in [2.75, 3.05) is 26.3 Å². The molecular weight excluding hydrogens is 228 g/mol. The summed E-state index contributed by atoms with van der Waals surface area (Å²) in [4.78, 5) is 23.6. The summed E-state index contributed by atoms with van der Waals surface area (Å²) in [6.07, 6.45) is 1.34. The molecule has 0 aliphatic carbocycles. The zero-order valence-corrected chi connectivity index (χ0v) is 9.07. The molecule has 1 fully saturated rings. The summed E-state index contributed by atoms with van der Waals surface area (Å²) in [6.45, 7) is 2.09. The Hall–Kier alpha value is -1.96. The van der Waals surface area contributed by atoms with E-state index in [4.69, 9.17) is 9.84 Å². The third kappa shape index (κ3) is 2.78. The fourth-order valence-corrected chi connectivity index (χ4v) is 1.52. The van der Waals surface area contributed by atoms with E-state index in [9.17, 15) is 9.59 Å². The minimum atomic E-state index is -1.11. The summed E-state index contributed by atoms with van der Waals surface area (Å²) < 4.78 is 6.40. The first-order chi connectivity index (χ1) is 8.16. The third-order valence-electron chi connectivity index (χ3n) is 2.44. The molecular formula is C9H12N4O4. The van der Waals surface area contributed by atoms with E-state index in [1.165, 1.54) is 10.9 Å². The lowest BCUT2D eigenvalue weighted by molar-refractivity contribution is -0.142. The van der Waals surface area contributed by atoms with Crippen LogP contribution in [0.1, 0.15) is 10.5 Å². The van der Waals surface area contributed by atoms with Gasteiger partial charge in [-0.2, -0.15) is 0 Å². The van der Waals surface area contributed by atoms with Crippen molar-refractivity contribution < 1.29 is 19.4 Å². The van der Waals surface area contributed by atoms with E-state index in [-0.39, 0.29) is 18.2 Å². The first-order valence-electron chi connectivity index (χ1n) is 5.16. The van der Waals surface area contributed by atoms with Crippen molar-refractivity contribution in [3.05, 3.63) is 11.9 Å². The number of carboxylic acids is 1. The Morgan fingerprint density at radius 1 is 1.53 bits per heavy atom. The minimum Gasteiger partial charge on any atom is -0.476 e. The SMILES string of the molecule is O=C(O)c1cn(CCN2CCOCC2=O)nn1. The zero-order chi connectivity index (χ0) is 12.3. The highest BCUT2D eigenvalue weighted by molar-refractivity contribution is 5.84. The van der Waals surface area contributed by atoms with Crippen molar-refractivity contribution >= 4 is 11.9 Å². The highest BCUT2D eigenvalue weighted by Gasteiger charge is 2.18. The molecule has 1 saturated heterocycles. The minimum absolute atomic E-state index is 0.0603. The van der Waals surface area contributed by atoms with Gasteiger partial charge in [-0.1, -0.05) is 5.21 Å². The van der Waals surface area contributed by atoms with E-state index in [0.717, 1.165) is 0 Å². The molecule has 0 spiro atoms. The van der Waals surface area contributed by atoms with Crippen LogP contribution in [0, 0.1) is 0 Å². The van der Waals surface area contributed by atoms with Crippen LogP contribution in [0.3, 0.4) is 0 Å². The summed E-state index contributed by atoms with van der Waals surface area (Å²) in [7, 11) is 0. The Bertz CT molecular complexity index is 430. The molecule has 1 amide bonds. The second-order valence-corrected chi connectivity index (χ2v) is 3.61. The van der Waals surface area contributed by atoms with Crippen molar-refractivity contribution in [3.63, 3.8) is 0 Å². The average molecular weight is 240 g/mol. The standard InChI is InChI=1S/C9H12N4O4/c14-8-6-17-4-3-12(8)1-2-13-5-7(9(15)16)10-11-13/h5H,1-4,6H2,(H,15,16). The number of carbonyl (C=O) groups is 2. The Labute approximate surface area is 96.8 Å². The number of hydrogen-bond donors (Lipinski definition) is 1. The number of hydrogen-bond acceptors (Lipinski definition) is 5. The number of nitrogens with zero attached hydrogens (tertiary/aromatic N) is 4. The predicted octanol–water partition coefficient (Wildman–Crippen LogP) is -1.16. The van der Waals surface area contributed by atoms with Crippen LogP contribution in [0.15, 0.2) is 6.20 Å². The molecule has 92 valence electrons. The average Bonchev–Trinajstić information content (AvgIpc) is 2.77. The molecule has 1 aromatic heterocycles. The van der Waals surface area contributed by atoms with E-state index < -0.39 is 5.97 Å². The Morgan fingerprint density at radius 2 is 2.35 bits per heavy atom. The fraction of sp³-hybridized carbons (Fsp3) is 0.556. The predicted molar refractivity (Wildman–Crippen MR) is 54.4 cm³/mol. The summed E-state index contributed by atoms with van der Waals surface area (Å²) in [5.74, 6) is -1.17. The van der Waals surface area contributed by atoms with Gasteiger partial charge in [0.15, 0.2) is 5.69 Å². The van der Waals surface area contributed by atoms with Crippen molar-refractivity contribution in [1.29, 1.82) is 0 Å². The maximum absolute atomic E-state index is 11.4. The van der Waals surface area contributed by atoms with Crippen molar-refractivity contribution in [2.45, 2.75) is 6.54 Å². The van der Waals surface area contributed by atoms with Crippen LogP contribution < -0.4 is 0 Å². The lowest BCUT2D eigenvalue weighted by Gasteiger charge is -2.26. The van der Waals surface area contributed by atoms with Gasteiger partial charge in [0.05, 0.1) is 19.3 Å². The molecule has 8 nitrogen and oxygen atoms in total. The molecule has 0 saturated carbocycles. The number of amides is 1. The summed E-state index contributed by atoms with van der Waals surface area (Å²) >= 11 is 0. The molecule has 0 unspecified atom stereocenters. The van der Waals surface area contributed by atoms with Crippen LogP contribution in [-0.2, 0) is 16.1 Å². The fourth-order valence-electron chi connectivity index (χ4n) is 1.52. The lowest BCUT2D eigenvalue weighted by Crippen LogP contribution is -2.43. The van der Waals surface area contributed by atoms with Gasteiger partial charge in [0.1, 0.15) is 6.61 Å². The number of aromatic carboxylic acids is 1. The largest absolute Gasteiger partial charge is 0.476 e. The van der Waals surface area contributed by atoms with Gasteiger partial charge < -0.3 is 14.7 Å². The zero-order valence-electron chi connectivity index (χ0n) is 9.07. The molecule has 1 aromatic rings. The first-order valence-corrected chi connectivity index (χ1v) is 5.16. The van der Waals surface area contributed by atoms with Crippen molar-refractivity contribution in [3.8, 4) is 0 Å². The quantitative estimate of drug-likeness (QED) is 0.712. The van der Waals surface area contributed by atoms with E-state index in [1.807, 2.05) is 0 Å². The molecule has 0 bridgehead atoms. The van der Waals surface area contributed by atoms with Crippen LogP contribution in [0.4, 0.5) is 0 Å². The monoisotopic (exact) mass is 240 g/mol. The molecule has 17 heavy (non-hydrogen) atoms. The van der Waals surface area contributed by atoms with Crippen LogP contribution in [0.5, 0.6) is 0 Å². The molecule has 1 aliphatic heterocycles. The number of carbonyl (C=O) groups excluding carboxylic acids is 1. The Kier molecular flexibility index (Phi) is 3.33. The lowest BCUT2D eigenvalue weighted by atomic mass is 10.4. The second kappa shape index (κ2) is 4.91. The number of carboxylic acid groups (broad SMARTS) is 1. The van der Waals surface area contributed by atoms with Crippen LogP contribution in [0.25, 0.3) is 0 Å². The molecule has 0 radical (unpaired) electrons. The number of rotatable bonds is 4. The normalized spacial score (nSPS) is 16.2. The highest BCUT2D eigenvalue weighted by Crippen LogP contribution is 2.00. The van der Waals surface area contributed by atoms with Gasteiger partial charge in [-0.15, -0.1) is 5.10 Å². The van der Waals surface area contributed by atoms with Crippen LogP contribution in [-0.4, -0.2) is 63.2 Å². The topological polar surface area (TPSA) is 97.6 Å². The molecule has 0 atom stereocenters. The van der Waals surface area contributed by atoms with E-state index in [2.05, 4.69) is 10.3 Å². The molecule has 8 heteroatoms. The second-order valence-electron chi connectivity index (χ2n) is 3.61.